The van der Waals surface area contributed by atoms with Crippen molar-refractivity contribution in [2.75, 3.05) is 0 Å². The molecule has 2 aromatic heterocycles. The second-order valence-corrected chi connectivity index (χ2v) is 5.44. The van der Waals surface area contributed by atoms with Crippen molar-refractivity contribution in [3.8, 4) is 0 Å². The van der Waals surface area contributed by atoms with E-state index in [0.29, 0.717) is 23.2 Å². The first kappa shape index (κ1) is 16.3. The maximum absolute atomic E-state index is 12.8. The molecule has 0 aliphatic carbocycles. The molecule has 9 heteroatoms. The molecule has 0 atom stereocenters. The third-order valence-corrected chi connectivity index (χ3v) is 3.62. The van der Waals surface area contributed by atoms with Gasteiger partial charge in [0.1, 0.15) is 10.8 Å². The number of rotatable bonds is 2. The van der Waals surface area contributed by atoms with Crippen molar-refractivity contribution in [1.29, 1.82) is 0 Å². The van der Waals surface area contributed by atoms with Crippen LogP contribution in [0, 0.1) is 0 Å². The van der Waals surface area contributed by atoms with Crippen LogP contribution in [0.3, 0.4) is 0 Å². The molecule has 5 nitrogen and oxygen atoms in total. The van der Waals surface area contributed by atoms with Crippen molar-refractivity contribution in [3.05, 3.63) is 73.6 Å². The predicted molar refractivity (Wildman–Crippen MR) is 82.2 cm³/mol. The topological polar surface area (TPSA) is 67.8 Å². The first-order chi connectivity index (χ1) is 11.3. The number of H-pyrrole nitrogens is 1. The normalized spacial score (nSPS) is 11.8. The fourth-order valence-electron chi connectivity index (χ4n) is 2.24. The first-order valence-corrected chi connectivity index (χ1v) is 7.08. The molecule has 0 spiro atoms. The van der Waals surface area contributed by atoms with Crippen LogP contribution in [-0.4, -0.2) is 14.5 Å². The minimum Gasteiger partial charge on any atom is -0.308 e. The molecule has 0 radical (unpaired) electrons. The van der Waals surface area contributed by atoms with Crippen molar-refractivity contribution < 1.29 is 13.2 Å². The predicted octanol–water partition coefficient (Wildman–Crippen LogP) is 2.81. The summed E-state index contributed by atoms with van der Waals surface area (Å²) in [6, 6.07) is 7.06. The molecule has 0 bridgehead atoms. The number of nitrogens with one attached hydrogen (secondary N) is 1. The third kappa shape index (κ3) is 3.05. The SMILES string of the molecule is O=c1[nH]c(Cn2cc(C(F)(F)F)cc(Cl)c2=O)nc2ccccc12. The summed E-state index contributed by atoms with van der Waals surface area (Å²) in [4.78, 5) is 30.5. The summed E-state index contributed by atoms with van der Waals surface area (Å²) in [7, 11) is 0. The van der Waals surface area contributed by atoms with Gasteiger partial charge >= 0.3 is 6.18 Å². The maximum atomic E-state index is 12.8. The number of hydrogen-bond acceptors (Lipinski definition) is 3. The fourth-order valence-corrected chi connectivity index (χ4v) is 2.47. The smallest absolute Gasteiger partial charge is 0.308 e. The van der Waals surface area contributed by atoms with Crippen LogP contribution in [0.4, 0.5) is 13.2 Å². The van der Waals surface area contributed by atoms with Crippen LogP contribution in [0.5, 0.6) is 0 Å². The van der Waals surface area contributed by atoms with Gasteiger partial charge in [0.25, 0.3) is 11.1 Å². The highest BCUT2D eigenvalue weighted by Crippen LogP contribution is 2.29. The molecular weight excluding hydrogens is 347 g/mol. The Labute approximate surface area is 137 Å². The standard InChI is InChI=1S/C15H9ClF3N3O2/c16-10-5-8(15(17,18)19)6-22(14(10)24)7-12-20-11-4-2-1-3-9(11)13(23)21-12/h1-6H,7H2,(H,20,21,23). The molecular formula is C15H9ClF3N3O2. The Kier molecular flexibility index (Phi) is 3.92. The molecule has 0 amide bonds. The number of nitrogens with zero attached hydrogens (tertiary/aromatic N) is 2. The molecule has 2 heterocycles. The number of alkyl halides is 3. The molecule has 0 saturated carbocycles. The number of fused-ring (bicyclic) bond motifs is 1. The summed E-state index contributed by atoms with van der Waals surface area (Å²) in [5, 5.41) is -0.219. The Hall–Kier alpha value is -2.61. The fraction of sp³-hybridized carbons (Fsp3) is 0.133. The number of halogens is 4. The van der Waals surface area contributed by atoms with Gasteiger partial charge in [-0.2, -0.15) is 13.2 Å². The highest BCUT2D eigenvalue weighted by Gasteiger charge is 2.32. The van der Waals surface area contributed by atoms with E-state index in [0.717, 1.165) is 4.57 Å². The minimum absolute atomic E-state index is 0.0520. The lowest BCUT2D eigenvalue weighted by molar-refractivity contribution is -0.138. The zero-order chi connectivity index (χ0) is 17.5. The lowest BCUT2D eigenvalue weighted by atomic mass is 10.2. The molecule has 0 aliphatic heterocycles. The summed E-state index contributed by atoms with van der Waals surface area (Å²) in [6.07, 6.45) is -4.01. The van der Waals surface area contributed by atoms with E-state index in [4.69, 9.17) is 11.6 Å². The Balaban J connectivity index is 2.10. The van der Waals surface area contributed by atoms with Crippen LogP contribution in [-0.2, 0) is 12.7 Å². The lowest BCUT2D eigenvalue weighted by Crippen LogP contribution is -2.25. The Bertz CT molecular complexity index is 1040. The van der Waals surface area contributed by atoms with Gasteiger partial charge in [0.2, 0.25) is 0 Å². The van der Waals surface area contributed by atoms with Crippen molar-refractivity contribution in [2.24, 2.45) is 0 Å². The molecule has 3 rings (SSSR count). The second-order valence-electron chi connectivity index (χ2n) is 5.04. The van der Waals surface area contributed by atoms with Crippen molar-refractivity contribution in [2.45, 2.75) is 12.7 Å². The number of pyridine rings is 1. The van der Waals surface area contributed by atoms with Crippen LogP contribution >= 0.6 is 11.6 Å². The molecule has 124 valence electrons. The largest absolute Gasteiger partial charge is 0.417 e. The van der Waals surface area contributed by atoms with Gasteiger partial charge in [0.15, 0.2) is 0 Å². The zero-order valence-corrected chi connectivity index (χ0v) is 12.6. The Morgan fingerprint density at radius 2 is 1.92 bits per heavy atom. The minimum atomic E-state index is -4.65. The van der Waals surface area contributed by atoms with E-state index >= 15 is 0 Å². The number of aromatic nitrogens is 3. The van der Waals surface area contributed by atoms with E-state index in [-0.39, 0.29) is 12.4 Å². The molecule has 24 heavy (non-hydrogen) atoms. The molecule has 0 saturated heterocycles. The first-order valence-electron chi connectivity index (χ1n) is 6.71. The van der Waals surface area contributed by atoms with E-state index in [2.05, 4.69) is 9.97 Å². The average molecular weight is 356 g/mol. The second kappa shape index (κ2) is 5.79. The van der Waals surface area contributed by atoms with Gasteiger partial charge in [0, 0.05) is 6.20 Å². The number of para-hydroxylation sites is 1. The quantitative estimate of drug-likeness (QED) is 0.768. The van der Waals surface area contributed by atoms with E-state index in [9.17, 15) is 22.8 Å². The average Bonchev–Trinajstić information content (AvgIpc) is 2.50. The third-order valence-electron chi connectivity index (χ3n) is 3.35. The van der Waals surface area contributed by atoms with E-state index in [1.165, 1.54) is 0 Å². The summed E-state index contributed by atoms with van der Waals surface area (Å²) in [5.74, 6) is 0.0520. The summed E-state index contributed by atoms with van der Waals surface area (Å²) in [6.45, 7) is -0.345. The van der Waals surface area contributed by atoms with Gasteiger partial charge < -0.3 is 9.55 Å². The molecule has 0 fully saturated rings. The molecule has 1 aromatic carbocycles. The van der Waals surface area contributed by atoms with Crippen LogP contribution in [0.15, 0.2) is 46.1 Å². The van der Waals surface area contributed by atoms with E-state index < -0.39 is 27.9 Å². The van der Waals surface area contributed by atoms with Crippen LogP contribution in [0.25, 0.3) is 10.9 Å². The Morgan fingerprint density at radius 1 is 1.21 bits per heavy atom. The number of hydrogen-bond donors (Lipinski definition) is 1. The number of benzene rings is 1. The maximum Gasteiger partial charge on any atom is 0.417 e. The lowest BCUT2D eigenvalue weighted by Gasteiger charge is -2.11. The van der Waals surface area contributed by atoms with Gasteiger partial charge in [0.05, 0.1) is 23.0 Å². The van der Waals surface area contributed by atoms with Crippen LogP contribution in [0.1, 0.15) is 11.4 Å². The molecule has 0 unspecified atom stereocenters. The highest BCUT2D eigenvalue weighted by atomic mass is 35.5. The molecule has 1 N–H and O–H groups in total. The molecule has 3 aromatic rings. The van der Waals surface area contributed by atoms with Crippen molar-refractivity contribution in [3.63, 3.8) is 0 Å². The summed E-state index contributed by atoms with van der Waals surface area (Å²) >= 11 is 5.59. The summed E-state index contributed by atoms with van der Waals surface area (Å²) < 4.78 is 39.3. The van der Waals surface area contributed by atoms with Gasteiger partial charge in [-0.15, -0.1) is 0 Å². The van der Waals surface area contributed by atoms with Crippen LogP contribution in [0.2, 0.25) is 5.02 Å². The van der Waals surface area contributed by atoms with Gasteiger partial charge in [-0.3, -0.25) is 9.59 Å². The van der Waals surface area contributed by atoms with Gasteiger partial charge in [-0.25, -0.2) is 4.98 Å². The highest BCUT2D eigenvalue weighted by molar-refractivity contribution is 6.30. The number of aromatic amines is 1. The summed E-state index contributed by atoms with van der Waals surface area (Å²) in [5.41, 5.74) is -1.93. The van der Waals surface area contributed by atoms with Gasteiger partial charge in [-0.1, -0.05) is 23.7 Å². The van der Waals surface area contributed by atoms with Crippen molar-refractivity contribution >= 4 is 22.5 Å². The van der Waals surface area contributed by atoms with E-state index in [1.54, 1.807) is 24.3 Å². The van der Waals surface area contributed by atoms with Crippen LogP contribution < -0.4 is 11.1 Å². The molecule has 0 aliphatic rings. The van der Waals surface area contributed by atoms with E-state index in [1.807, 2.05) is 0 Å². The Morgan fingerprint density at radius 3 is 2.62 bits per heavy atom. The van der Waals surface area contributed by atoms with Gasteiger partial charge in [-0.05, 0) is 18.2 Å². The monoisotopic (exact) mass is 355 g/mol. The van der Waals surface area contributed by atoms with Crippen molar-refractivity contribution in [1.82, 2.24) is 14.5 Å². The zero-order valence-electron chi connectivity index (χ0n) is 11.9.